The number of rotatable bonds is 8. The van der Waals surface area contributed by atoms with E-state index >= 15 is 0 Å². The molecule has 32 heavy (non-hydrogen) atoms. The van der Waals surface area contributed by atoms with E-state index in [1.807, 2.05) is 0 Å². The number of carbonyl (C=O) groups excluding carboxylic acids is 2. The number of halogens is 1. The molecule has 172 valence electrons. The predicted octanol–water partition coefficient (Wildman–Crippen LogP) is 3.57. The Kier molecular flexibility index (Phi) is 8.08. The summed E-state index contributed by atoms with van der Waals surface area (Å²) < 4.78 is 36.8. The molecule has 1 aliphatic rings. The molecule has 9 nitrogen and oxygen atoms in total. The zero-order valence-electron chi connectivity index (χ0n) is 17.5. The van der Waals surface area contributed by atoms with Gasteiger partial charge in [-0.3, -0.25) is 10.1 Å². The van der Waals surface area contributed by atoms with Crippen molar-refractivity contribution in [3.05, 3.63) is 53.1 Å². The largest absolute Gasteiger partial charge is 0.447 e. The number of amides is 2. The molecule has 1 heterocycles. The lowest BCUT2D eigenvalue weighted by molar-refractivity contribution is 0.102. The van der Waals surface area contributed by atoms with Crippen LogP contribution in [-0.2, 0) is 19.5 Å². The number of nitrogens with zero attached hydrogens (tertiary/aromatic N) is 1. The highest BCUT2D eigenvalue weighted by molar-refractivity contribution is 7.89. The highest BCUT2D eigenvalue weighted by Gasteiger charge is 2.28. The minimum atomic E-state index is -3.69. The molecule has 0 spiro atoms. The molecule has 0 atom stereocenters. The van der Waals surface area contributed by atoms with Crippen LogP contribution in [0.3, 0.4) is 0 Å². The standard InChI is InChI=1S/C21H24ClN3O6S/c1-30-11-12-31-21(27)24-16-6-4-5-15(13-16)23-20(26)18-14-17(7-8-19(18)22)32(28,29)25-9-2-3-10-25/h4-8,13-14H,2-3,9-12H2,1H3,(H,23,26)(H,24,27). The van der Waals surface area contributed by atoms with Crippen LogP contribution in [0.5, 0.6) is 0 Å². The first-order chi connectivity index (χ1) is 15.3. The summed E-state index contributed by atoms with van der Waals surface area (Å²) in [6, 6.07) is 10.5. The maximum Gasteiger partial charge on any atom is 0.411 e. The lowest BCUT2D eigenvalue weighted by Gasteiger charge is -2.16. The Balaban J connectivity index is 1.72. The van der Waals surface area contributed by atoms with Crippen molar-refractivity contribution in [2.75, 3.05) is 44.0 Å². The second-order valence-corrected chi connectivity index (χ2v) is 9.39. The summed E-state index contributed by atoms with van der Waals surface area (Å²) in [7, 11) is -2.19. The van der Waals surface area contributed by atoms with Gasteiger partial charge in [-0.05, 0) is 49.2 Å². The third-order valence-electron chi connectivity index (χ3n) is 4.77. The molecule has 1 aliphatic heterocycles. The van der Waals surface area contributed by atoms with Crippen LogP contribution in [0.4, 0.5) is 16.2 Å². The molecular formula is C21H24ClN3O6S. The van der Waals surface area contributed by atoms with Crippen LogP contribution >= 0.6 is 11.6 Å². The first-order valence-electron chi connectivity index (χ1n) is 9.95. The van der Waals surface area contributed by atoms with Crippen molar-refractivity contribution in [2.45, 2.75) is 17.7 Å². The lowest BCUT2D eigenvalue weighted by atomic mass is 10.2. The molecule has 1 fully saturated rings. The molecule has 2 amide bonds. The number of carbonyl (C=O) groups is 2. The van der Waals surface area contributed by atoms with Gasteiger partial charge in [0.15, 0.2) is 0 Å². The van der Waals surface area contributed by atoms with Gasteiger partial charge in [0, 0.05) is 31.6 Å². The molecule has 2 aromatic rings. The van der Waals surface area contributed by atoms with Crippen LogP contribution in [-0.4, -0.2) is 58.1 Å². The molecule has 0 unspecified atom stereocenters. The molecule has 2 N–H and O–H groups in total. The maximum atomic E-state index is 12.8. The van der Waals surface area contributed by atoms with Crippen molar-refractivity contribution < 1.29 is 27.5 Å². The Morgan fingerprint density at radius 3 is 2.41 bits per heavy atom. The SMILES string of the molecule is COCCOC(=O)Nc1cccc(NC(=O)c2cc(S(=O)(=O)N3CCCC3)ccc2Cl)c1. The summed E-state index contributed by atoms with van der Waals surface area (Å²) >= 11 is 6.17. The molecule has 11 heteroatoms. The summed E-state index contributed by atoms with van der Waals surface area (Å²) in [6.07, 6.45) is 0.961. The lowest BCUT2D eigenvalue weighted by Crippen LogP contribution is -2.28. The molecule has 0 saturated carbocycles. The van der Waals surface area contributed by atoms with Gasteiger partial charge in [0.1, 0.15) is 6.61 Å². The quantitative estimate of drug-likeness (QED) is 0.557. The van der Waals surface area contributed by atoms with Gasteiger partial charge in [-0.15, -0.1) is 0 Å². The van der Waals surface area contributed by atoms with Gasteiger partial charge in [0.25, 0.3) is 5.91 Å². The van der Waals surface area contributed by atoms with Gasteiger partial charge < -0.3 is 14.8 Å². The van der Waals surface area contributed by atoms with Gasteiger partial charge in [-0.2, -0.15) is 4.31 Å². The second-order valence-electron chi connectivity index (χ2n) is 7.04. The number of anilines is 2. The molecule has 3 rings (SSSR count). The van der Waals surface area contributed by atoms with E-state index in [2.05, 4.69) is 10.6 Å². The minimum absolute atomic E-state index is 0.0168. The average molecular weight is 482 g/mol. The topological polar surface area (TPSA) is 114 Å². The zero-order valence-corrected chi connectivity index (χ0v) is 19.0. The number of methoxy groups -OCH3 is 1. The fourth-order valence-electron chi connectivity index (χ4n) is 3.16. The first kappa shape index (κ1) is 24.0. The Morgan fingerprint density at radius 2 is 1.72 bits per heavy atom. The Morgan fingerprint density at radius 1 is 1.03 bits per heavy atom. The van der Waals surface area contributed by atoms with E-state index in [1.54, 1.807) is 18.2 Å². The van der Waals surface area contributed by atoms with Crippen LogP contribution < -0.4 is 10.6 Å². The van der Waals surface area contributed by atoms with Gasteiger partial charge in [0.2, 0.25) is 10.0 Å². The third-order valence-corrected chi connectivity index (χ3v) is 7.00. The van der Waals surface area contributed by atoms with E-state index < -0.39 is 22.0 Å². The van der Waals surface area contributed by atoms with Gasteiger partial charge in [0.05, 0.1) is 22.1 Å². The van der Waals surface area contributed by atoms with E-state index in [0.717, 1.165) is 12.8 Å². The number of sulfonamides is 1. The maximum absolute atomic E-state index is 12.8. The molecule has 0 aliphatic carbocycles. The Bertz CT molecular complexity index is 1090. The summed E-state index contributed by atoms with van der Waals surface area (Å²) in [5.74, 6) is -0.576. The van der Waals surface area contributed by atoms with Crippen molar-refractivity contribution in [2.24, 2.45) is 0 Å². The van der Waals surface area contributed by atoms with Gasteiger partial charge in [-0.25, -0.2) is 13.2 Å². The predicted molar refractivity (Wildman–Crippen MR) is 121 cm³/mol. The van der Waals surface area contributed by atoms with E-state index in [-0.39, 0.29) is 28.7 Å². The summed E-state index contributed by atoms with van der Waals surface area (Å²) in [5, 5.41) is 5.34. The fourth-order valence-corrected chi connectivity index (χ4v) is 4.91. The number of benzene rings is 2. The number of nitrogens with one attached hydrogen (secondary N) is 2. The molecule has 0 aromatic heterocycles. The Hall–Kier alpha value is -2.66. The summed E-state index contributed by atoms with van der Waals surface area (Å²) in [6.45, 7) is 1.30. The van der Waals surface area contributed by atoms with Crippen molar-refractivity contribution in [3.8, 4) is 0 Å². The van der Waals surface area contributed by atoms with E-state index in [4.69, 9.17) is 21.1 Å². The van der Waals surface area contributed by atoms with Crippen molar-refractivity contribution in [1.29, 1.82) is 0 Å². The van der Waals surface area contributed by atoms with Crippen LogP contribution in [0, 0.1) is 0 Å². The second kappa shape index (κ2) is 10.8. The highest BCUT2D eigenvalue weighted by atomic mass is 35.5. The number of ether oxygens (including phenoxy) is 2. The molecular weight excluding hydrogens is 458 g/mol. The smallest absolute Gasteiger partial charge is 0.411 e. The van der Waals surface area contributed by atoms with E-state index in [0.29, 0.717) is 24.5 Å². The zero-order chi connectivity index (χ0) is 23.1. The van der Waals surface area contributed by atoms with E-state index in [9.17, 15) is 18.0 Å². The minimum Gasteiger partial charge on any atom is -0.447 e. The van der Waals surface area contributed by atoms with Crippen LogP contribution in [0.2, 0.25) is 5.02 Å². The van der Waals surface area contributed by atoms with Crippen molar-refractivity contribution in [1.82, 2.24) is 4.31 Å². The number of hydrogen-bond donors (Lipinski definition) is 2. The van der Waals surface area contributed by atoms with Crippen molar-refractivity contribution >= 4 is 45.0 Å². The highest BCUT2D eigenvalue weighted by Crippen LogP contribution is 2.26. The molecule has 2 aromatic carbocycles. The fraction of sp³-hybridized carbons (Fsp3) is 0.333. The molecule has 0 radical (unpaired) electrons. The third kappa shape index (κ3) is 5.98. The summed E-state index contributed by atoms with van der Waals surface area (Å²) in [4.78, 5) is 24.6. The van der Waals surface area contributed by atoms with Crippen LogP contribution in [0.1, 0.15) is 23.2 Å². The first-order valence-corrected chi connectivity index (χ1v) is 11.8. The average Bonchev–Trinajstić information content (AvgIpc) is 3.30. The van der Waals surface area contributed by atoms with Crippen molar-refractivity contribution in [3.63, 3.8) is 0 Å². The normalized spacial score (nSPS) is 14.2. The number of hydrogen-bond acceptors (Lipinski definition) is 6. The molecule has 1 saturated heterocycles. The van der Waals surface area contributed by atoms with Crippen LogP contribution in [0.15, 0.2) is 47.4 Å². The van der Waals surface area contributed by atoms with Crippen LogP contribution in [0.25, 0.3) is 0 Å². The van der Waals surface area contributed by atoms with Gasteiger partial charge in [-0.1, -0.05) is 17.7 Å². The Labute approximate surface area is 191 Å². The monoisotopic (exact) mass is 481 g/mol. The molecule has 0 bridgehead atoms. The summed E-state index contributed by atoms with van der Waals surface area (Å²) in [5.41, 5.74) is 0.819. The van der Waals surface area contributed by atoms with Gasteiger partial charge >= 0.3 is 6.09 Å². The van der Waals surface area contributed by atoms with E-state index in [1.165, 1.54) is 35.7 Å².